The molecule has 10 rings (SSSR count). The maximum atomic E-state index is 15.1. The monoisotopic (exact) mass is 719 g/mol. The molecule has 9 nitrogen and oxygen atoms in total. The first kappa shape index (κ1) is 32.6. The molecule has 0 N–H and O–H groups in total. The van der Waals surface area contributed by atoms with E-state index in [1.54, 1.807) is 0 Å². The van der Waals surface area contributed by atoms with Gasteiger partial charge in [0.25, 0.3) is 11.8 Å². The molecule has 2 amide bonds. The van der Waals surface area contributed by atoms with Gasteiger partial charge in [0.1, 0.15) is 5.82 Å². The average molecular weight is 720 g/mol. The molecule has 0 aliphatic carbocycles. The van der Waals surface area contributed by atoms with E-state index in [-0.39, 0.29) is 23.0 Å². The maximum absolute atomic E-state index is 15.1. The zero-order valence-electron chi connectivity index (χ0n) is 30.9. The second kappa shape index (κ2) is 12.0. The number of nitrogens with zero attached hydrogens (tertiary/aromatic N) is 7. The lowest BCUT2D eigenvalue weighted by Crippen LogP contribution is -2.33. The Morgan fingerprint density at radius 3 is 1.42 bits per heavy atom. The SMILES string of the molecule is C=CC1=C(C=C(n2c3ccccc3n3c4ccccc4nc23)n2c3ccccc3n3c4ccccc4nc23)C(=O)N(c2c(C(C)C)cccc2C(C)C)C1=O. The fourth-order valence-electron chi connectivity index (χ4n) is 8.38. The lowest BCUT2D eigenvalue weighted by Gasteiger charge is -2.26. The number of para-hydroxylation sites is 9. The van der Waals surface area contributed by atoms with Crippen molar-refractivity contribution in [3.63, 3.8) is 0 Å². The summed E-state index contributed by atoms with van der Waals surface area (Å²) in [6, 6.07) is 38.5. The van der Waals surface area contributed by atoms with Crippen LogP contribution in [-0.4, -0.2) is 39.7 Å². The highest BCUT2D eigenvalue weighted by molar-refractivity contribution is 6.35. The number of hydrogen-bond donors (Lipinski definition) is 0. The number of benzene rings is 5. The van der Waals surface area contributed by atoms with Crippen molar-refractivity contribution in [2.45, 2.75) is 39.5 Å². The van der Waals surface area contributed by atoms with Gasteiger partial charge in [0.15, 0.2) is 0 Å². The van der Waals surface area contributed by atoms with Crippen LogP contribution in [0, 0.1) is 5.82 Å². The molecule has 0 unspecified atom stereocenters. The number of amides is 2. The summed E-state index contributed by atoms with van der Waals surface area (Å²) < 4.78 is 8.45. The molecular weight excluding hydrogens is 683 g/mol. The quantitative estimate of drug-likeness (QED) is 0.154. The highest BCUT2D eigenvalue weighted by Crippen LogP contribution is 2.41. The molecule has 0 radical (unpaired) electrons. The summed E-state index contributed by atoms with van der Waals surface area (Å²) in [7, 11) is 0. The Labute approximate surface area is 316 Å². The molecule has 0 fully saturated rings. The van der Waals surface area contributed by atoms with Gasteiger partial charge in [-0.25, -0.2) is 14.9 Å². The molecule has 5 aromatic carbocycles. The van der Waals surface area contributed by atoms with Crippen LogP contribution in [-0.2, 0) is 9.59 Å². The Bertz CT molecular complexity index is 3000. The first-order chi connectivity index (χ1) is 26.8. The van der Waals surface area contributed by atoms with Gasteiger partial charge in [0.2, 0.25) is 11.6 Å². The van der Waals surface area contributed by atoms with E-state index in [1.165, 1.54) is 11.0 Å². The van der Waals surface area contributed by atoms with E-state index in [0.717, 1.165) is 55.3 Å². The molecule has 9 aromatic rings. The van der Waals surface area contributed by atoms with Crippen LogP contribution >= 0.6 is 0 Å². The second-order valence-electron chi connectivity index (χ2n) is 14.7. The minimum absolute atomic E-state index is 0.0693. The smallest absolute Gasteiger partial charge is 0.266 e. The summed E-state index contributed by atoms with van der Waals surface area (Å²) in [6.45, 7) is 12.4. The van der Waals surface area contributed by atoms with Crippen LogP contribution in [0.5, 0.6) is 0 Å². The van der Waals surface area contributed by atoms with Crippen molar-refractivity contribution in [2.24, 2.45) is 0 Å². The number of carbonyl (C=O) groups excluding carboxylic acids is 2. The summed E-state index contributed by atoms with van der Waals surface area (Å²) in [6.07, 6.45) is 3.35. The van der Waals surface area contributed by atoms with Crippen LogP contribution in [0.4, 0.5) is 5.69 Å². The van der Waals surface area contributed by atoms with Crippen LogP contribution in [0.1, 0.15) is 50.7 Å². The van der Waals surface area contributed by atoms with E-state index in [2.05, 4.69) is 88.6 Å². The first-order valence-electron chi connectivity index (χ1n) is 18.6. The average Bonchev–Trinajstić information content (AvgIpc) is 3.97. The Morgan fingerprint density at radius 1 is 0.545 bits per heavy atom. The van der Waals surface area contributed by atoms with Crippen molar-refractivity contribution < 1.29 is 9.59 Å². The number of anilines is 1. The third-order valence-corrected chi connectivity index (χ3v) is 10.9. The highest BCUT2D eigenvalue weighted by atomic mass is 16.2. The van der Waals surface area contributed by atoms with Crippen molar-refractivity contribution in [1.82, 2.24) is 27.9 Å². The van der Waals surface area contributed by atoms with E-state index in [1.807, 2.05) is 84.9 Å². The minimum atomic E-state index is -0.408. The van der Waals surface area contributed by atoms with Crippen LogP contribution in [0.2, 0.25) is 0 Å². The molecule has 268 valence electrons. The third-order valence-electron chi connectivity index (χ3n) is 10.9. The number of imidazole rings is 4. The van der Waals surface area contributed by atoms with Gasteiger partial charge in [-0.05, 0) is 77.6 Å². The zero-order valence-corrected chi connectivity index (χ0v) is 30.9. The molecule has 4 aromatic heterocycles. The number of hydrogen-bond acceptors (Lipinski definition) is 4. The standard InChI is InChI=1S/C46H37N7O2/c1-6-29-32(44(55)53(43(29)54)42-30(27(2)3)16-15-17-31(42)28(4)5)26-41(51-39-24-13-11-22-37(39)49-35-20-9-7-18-33(35)47-45(49)51)52-40-25-14-12-23-38(40)50-36-21-10-8-19-34(36)48-46(50)52/h6-28H,1H2,2-5H3. The van der Waals surface area contributed by atoms with Gasteiger partial charge < -0.3 is 0 Å². The summed E-state index contributed by atoms with van der Waals surface area (Å²) in [5.74, 6) is 1.23. The lowest BCUT2D eigenvalue weighted by molar-refractivity contribution is -0.120. The number of rotatable bonds is 7. The van der Waals surface area contributed by atoms with E-state index < -0.39 is 11.8 Å². The molecule has 1 aliphatic rings. The van der Waals surface area contributed by atoms with Gasteiger partial charge in [-0.15, -0.1) is 0 Å². The molecule has 5 heterocycles. The maximum Gasteiger partial charge on any atom is 0.266 e. The molecule has 0 atom stereocenters. The fraction of sp³-hybridized carbons (Fsp3) is 0.130. The Hall–Kier alpha value is -7.00. The molecule has 55 heavy (non-hydrogen) atoms. The summed E-state index contributed by atoms with van der Waals surface area (Å²) in [5, 5.41) is 0. The molecule has 9 heteroatoms. The molecule has 0 saturated carbocycles. The second-order valence-corrected chi connectivity index (χ2v) is 14.7. The molecule has 0 bridgehead atoms. The molecular formula is C46H37N7O2. The van der Waals surface area contributed by atoms with E-state index in [4.69, 9.17) is 9.97 Å². The van der Waals surface area contributed by atoms with Gasteiger partial charge in [-0.1, -0.05) is 107 Å². The zero-order chi connectivity index (χ0) is 37.7. The first-order valence-corrected chi connectivity index (χ1v) is 18.6. The summed E-state index contributed by atoms with van der Waals surface area (Å²) in [4.78, 5) is 41.6. The Kier molecular flexibility index (Phi) is 7.13. The van der Waals surface area contributed by atoms with E-state index in [9.17, 15) is 4.79 Å². The van der Waals surface area contributed by atoms with Crippen molar-refractivity contribution in [3.8, 4) is 0 Å². The van der Waals surface area contributed by atoms with Crippen molar-refractivity contribution in [1.29, 1.82) is 0 Å². The molecule has 0 spiro atoms. The predicted octanol–water partition coefficient (Wildman–Crippen LogP) is 9.66. The molecule has 0 saturated heterocycles. The van der Waals surface area contributed by atoms with Gasteiger partial charge in [0, 0.05) is 0 Å². The Balaban J connectivity index is 1.34. The molecule has 1 aliphatic heterocycles. The largest absolute Gasteiger partial charge is 0.276 e. The van der Waals surface area contributed by atoms with Crippen LogP contribution < -0.4 is 4.90 Å². The van der Waals surface area contributed by atoms with E-state index in [0.29, 0.717) is 23.1 Å². The van der Waals surface area contributed by atoms with Crippen molar-refractivity contribution >= 4 is 73.2 Å². The fourth-order valence-corrected chi connectivity index (χ4v) is 8.38. The van der Waals surface area contributed by atoms with Gasteiger partial charge in [0.05, 0.1) is 61.0 Å². The van der Waals surface area contributed by atoms with Gasteiger partial charge >= 0.3 is 0 Å². The number of carbonyl (C=O) groups is 2. The van der Waals surface area contributed by atoms with Gasteiger partial charge in [-0.3, -0.25) is 27.5 Å². The topological polar surface area (TPSA) is 81.8 Å². The predicted molar refractivity (Wildman–Crippen MR) is 219 cm³/mol. The minimum Gasteiger partial charge on any atom is -0.276 e. The summed E-state index contributed by atoms with van der Waals surface area (Å²) in [5.41, 5.74) is 10.2. The summed E-state index contributed by atoms with van der Waals surface area (Å²) >= 11 is 0. The number of fused-ring (bicyclic) bond motifs is 10. The van der Waals surface area contributed by atoms with Crippen molar-refractivity contribution in [3.05, 3.63) is 162 Å². The van der Waals surface area contributed by atoms with Crippen LogP contribution in [0.3, 0.4) is 0 Å². The normalized spacial score (nSPS) is 13.8. The number of aromatic nitrogens is 6. The third kappa shape index (κ3) is 4.53. The van der Waals surface area contributed by atoms with Crippen molar-refractivity contribution in [2.75, 3.05) is 4.90 Å². The number of imide groups is 1. The lowest BCUT2D eigenvalue weighted by atomic mass is 9.92. The van der Waals surface area contributed by atoms with Gasteiger partial charge in [-0.2, -0.15) is 0 Å². The van der Waals surface area contributed by atoms with Crippen LogP contribution in [0.15, 0.2) is 145 Å². The highest BCUT2D eigenvalue weighted by Gasteiger charge is 2.40. The van der Waals surface area contributed by atoms with Crippen LogP contribution in [0.25, 0.3) is 55.7 Å². The Morgan fingerprint density at radius 2 is 0.964 bits per heavy atom. The van der Waals surface area contributed by atoms with E-state index >= 15 is 4.79 Å².